The Morgan fingerprint density at radius 1 is 1.18 bits per heavy atom. The van der Waals surface area contributed by atoms with Gasteiger partial charge >= 0.3 is 0 Å². The predicted molar refractivity (Wildman–Crippen MR) is 91.9 cm³/mol. The highest BCUT2D eigenvalue weighted by atomic mass is 79.9. The van der Waals surface area contributed by atoms with Crippen molar-refractivity contribution in [1.29, 1.82) is 0 Å². The van der Waals surface area contributed by atoms with Crippen LogP contribution in [0.5, 0.6) is 0 Å². The molecule has 114 valence electrons. The number of aromatic nitrogens is 1. The van der Waals surface area contributed by atoms with Gasteiger partial charge in [0.2, 0.25) is 5.91 Å². The van der Waals surface area contributed by atoms with E-state index in [1.54, 1.807) is 6.20 Å². The van der Waals surface area contributed by atoms with Crippen molar-refractivity contribution in [3.8, 4) is 0 Å². The molecule has 0 saturated heterocycles. The minimum absolute atomic E-state index is 0.0606. The largest absolute Gasteiger partial charge is 0.310 e. The summed E-state index contributed by atoms with van der Waals surface area (Å²) < 4.78 is 1.03. The molecule has 1 fully saturated rings. The zero-order chi connectivity index (χ0) is 15.6. The monoisotopic (exact) mass is 358 g/mol. The molecule has 0 aliphatic heterocycles. The lowest BCUT2D eigenvalue weighted by molar-refractivity contribution is -0.121. The van der Waals surface area contributed by atoms with Crippen LogP contribution in [0.2, 0.25) is 0 Å². The van der Waals surface area contributed by atoms with Gasteiger partial charge in [-0.3, -0.25) is 4.79 Å². The molecule has 0 atom stereocenters. The molecule has 0 radical (unpaired) electrons. The smallest absolute Gasteiger partial charge is 0.236 e. The van der Waals surface area contributed by atoms with Crippen LogP contribution in [0.25, 0.3) is 0 Å². The molecule has 0 bridgehead atoms. The zero-order valence-electron chi connectivity index (χ0n) is 12.6. The molecule has 4 heteroatoms. The van der Waals surface area contributed by atoms with E-state index in [1.807, 2.05) is 31.2 Å². The van der Waals surface area contributed by atoms with Crippen molar-refractivity contribution >= 4 is 27.7 Å². The number of amides is 1. The first kappa shape index (κ1) is 15.2. The molecule has 3 nitrogen and oxygen atoms in total. The lowest BCUT2D eigenvalue weighted by Crippen LogP contribution is -2.38. The van der Waals surface area contributed by atoms with E-state index in [0.717, 1.165) is 41.3 Å². The number of benzene rings is 1. The molecule has 22 heavy (non-hydrogen) atoms. The molecule has 1 aliphatic carbocycles. The van der Waals surface area contributed by atoms with Gasteiger partial charge in [-0.15, -0.1) is 0 Å². The summed E-state index contributed by atoms with van der Waals surface area (Å²) in [5.41, 5.74) is 1.76. The number of hydrogen-bond acceptors (Lipinski definition) is 2. The second-order valence-corrected chi connectivity index (χ2v) is 6.88. The Kier molecular flexibility index (Phi) is 4.30. The maximum atomic E-state index is 13.0. The Morgan fingerprint density at radius 2 is 1.86 bits per heavy atom. The standard InChI is InChI=1S/C18H19BrN2O/c1-13-8-11-20-16(12-13)21-17(22)18(9-2-3-10-18)14-4-6-15(19)7-5-14/h4-8,11-12H,2-3,9-10H2,1H3,(H,20,21,22). The highest BCUT2D eigenvalue weighted by molar-refractivity contribution is 9.10. The van der Waals surface area contributed by atoms with Crippen molar-refractivity contribution < 1.29 is 4.79 Å². The van der Waals surface area contributed by atoms with Crippen LogP contribution in [0.3, 0.4) is 0 Å². The van der Waals surface area contributed by atoms with Gasteiger partial charge in [0.1, 0.15) is 5.82 Å². The fraction of sp³-hybridized carbons (Fsp3) is 0.333. The average Bonchev–Trinajstić information content (AvgIpc) is 2.99. The van der Waals surface area contributed by atoms with Gasteiger partial charge < -0.3 is 5.32 Å². The van der Waals surface area contributed by atoms with Crippen molar-refractivity contribution in [2.75, 3.05) is 5.32 Å². The van der Waals surface area contributed by atoms with E-state index in [4.69, 9.17) is 0 Å². The Balaban J connectivity index is 1.90. The minimum Gasteiger partial charge on any atom is -0.310 e. The van der Waals surface area contributed by atoms with Gasteiger partial charge in [-0.2, -0.15) is 0 Å². The number of nitrogens with one attached hydrogen (secondary N) is 1. The summed E-state index contributed by atoms with van der Waals surface area (Å²) >= 11 is 3.46. The summed E-state index contributed by atoms with van der Waals surface area (Å²) in [6, 6.07) is 12.0. The summed E-state index contributed by atoms with van der Waals surface area (Å²) in [5, 5.41) is 3.02. The molecule has 0 unspecified atom stereocenters. The first-order chi connectivity index (χ1) is 10.6. The van der Waals surface area contributed by atoms with Crippen LogP contribution < -0.4 is 5.32 Å². The minimum atomic E-state index is -0.424. The van der Waals surface area contributed by atoms with Crippen LogP contribution in [0, 0.1) is 6.92 Å². The zero-order valence-corrected chi connectivity index (χ0v) is 14.2. The average molecular weight is 359 g/mol. The first-order valence-electron chi connectivity index (χ1n) is 7.60. The van der Waals surface area contributed by atoms with Crippen LogP contribution in [0.4, 0.5) is 5.82 Å². The summed E-state index contributed by atoms with van der Waals surface area (Å²) in [6.45, 7) is 2.00. The summed E-state index contributed by atoms with van der Waals surface area (Å²) in [5.74, 6) is 0.693. The van der Waals surface area contributed by atoms with E-state index in [2.05, 4.69) is 38.4 Å². The van der Waals surface area contributed by atoms with E-state index in [-0.39, 0.29) is 5.91 Å². The number of hydrogen-bond donors (Lipinski definition) is 1. The van der Waals surface area contributed by atoms with Gasteiger partial charge in [-0.25, -0.2) is 4.98 Å². The fourth-order valence-corrected chi connectivity index (χ4v) is 3.50. The maximum Gasteiger partial charge on any atom is 0.236 e. The highest BCUT2D eigenvalue weighted by Gasteiger charge is 2.42. The molecule has 1 aromatic carbocycles. The molecule has 1 N–H and O–H groups in total. The number of pyridine rings is 1. The number of carbonyl (C=O) groups excluding carboxylic acids is 1. The number of rotatable bonds is 3. The number of nitrogens with zero attached hydrogens (tertiary/aromatic N) is 1. The second kappa shape index (κ2) is 6.21. The van der Waals surface area contributed by atoms with E-state index < -0.39 is 5.41 Å². The van der Waals surface area contributed by atoms with Crippen LogP contribution in [-0.2, 0) is 10.2 Å². The summed E-state index contributed by atoms with van der Waals surface area (Å²) in [4.78, 5) is 17.2. The predicted octanol–water partition coefficient (Wildman–Crippen LogP) is 4.60. The van der Waals surface area contributed by atoms with E-state index in [0.29, 0.717) is 5.82 Å². The normalized spacial score (nSPS) is 16.5. The number of aryl methyl sites for hydroxylation is 1. The molecule has 0 spiro atoms. The number of halogens is 1. The third-order valence-corrected chi connectivity index (χ3v) is 4.97. The van der Waals surface area contributed by atoms with Crippen molar-refractivity contribution in [2.45, 2.75) is 38.0 Å². The summed E-state index contributed by atoms with van der Waals surface area (Å²) in [6.07, 6.45) is 5.69. The van der Waals surface area contributed by atoms with E-state index in [9.17, 15) is 4.79 Å². The molecule has 2 aromatic rings. The molecule has 1 aliphatic rings. The van der Waals surface area contributed by atoms with Gasteiger partial charge in [-0.1, -0.05) is 40.9 Å². The van der Waals surface area contributed by atoms with Gasteiger partial charge in [0, 0.05) is 10.7 Å². The third kappa shape index (κ3) is 2.93. The van der Waals surface area contributed by atoms with Gasteiger partial charge in [0.05, 0.1) is 5.41 Å². The molecule has 1 amide bonds. The third-order valence-electron chi connectivity index (χ3n) is 4.45. The Hall–Kier alpha value is -1.68. The number of carbonyl (C=O) groups is 1. The highest BCUT2D eigenvalue weighted by Crippen LogP contribution is 2.42. The Bertz CT molecular complexity index is 676. The lowest BCUT2D eigenvalue weighted by atomic mass is 9.78. The first-order valence-corrected chi connectivity index (χ1v) is 8.40. The lowest BCUT2D eigenvalue weighted by Gasteiger charge is -2.28. The Labute approximate surface area is 139 Å². The second-order valence-electron chi connectivity index (χ2n) is 5.97. The molecular formula is C18H19BrN2O. The van der Waals surface area contributed by atoms with Crippen LogP contribution in [-0.4, -0.2) is 10.9 Å². The van der Waals surface area contributed by atoms with Crippen molar-refractivity contribution in [3.05, 3.63) is 58.2 Å². The van der Waals surface area contributed by atoms with Crippen molar-refractivity contribution in [1.82, 2.24) is 4.98 Å². The molecule has 1 heterocycles. The van der Waals surface area contributed by atoms with Crippen molar-refractivity contribution in [2.24, 2.45) is 0 Å². The van der Waals surface area contributed by atoms with Gasteiger partial charge in [0.25, 0.3) is 0 Å². The SMILES string of the molecule is Cc1ccnc(NC(=O)C2(c3ccc(Br)cc3)CCCC2)c1. The molecule has 3 rings (SSSR count). The van der Waals surface area contributed by atoms with E-state index in [1.165, 1.54) is 0 Å². The van der Waals surface area contributed by atoms with Gasteiger partial charge in [0.15, 0.2) is 0 Å². The fourth-order valence-electron chi connectivity index (χ4n) is 3.23. The van der Waals surface area contributed by atoms with E-state index >= 15 is 0 Å². The number of anilines is 1. The topological polar surface area (TPSA) is 42.0 Å². The molecule has 1 saturated carbocycles. The summed E-state index contributed by atoms with van der Waals surface area (Å²) in [7, 11) is 0. The maximum absolute atomic E-state index is 13.0. The van der Waals surface area contributed by atoms with Gasteiger partial charge in [-0.05, 0) is 55.2 Å². The quantitative estimate of drug-likeness (QED) is 0.870. The van der Waals surface area contributed by atoms with Crippen molar-refractivity contribution in [3.63, 3.8) is 0 Å². The van der Waals surface area contributed by atoms with Crippen LogP contribution >= 0.6 is 15.9 Å². The Morgan fingerprint density at radius 3 is 2.50 bits per heavy atom. The molecular weight excluding hydrogens is 340 g/mol. The molecule has 1 aromatic heterocycles. The van der Waals surface area contributed by atoms with Crippen LogP contribution in [0.1, 0.15) is 36.8 Å². The van der Waals surface area contributed by atoms with Crippen LogP contribution in [0.15, 0.2) is 47.1 Å².